The molecule has 1 aliphatic rings. The fourth-order valence-corrected chi connectivity index (χ4v) is 5.30. The minimum Gasteiger partial charge on any atom is -0.497 e. The highest BCUT2D eigenvalue weighted by Gasteiger charge is 2.41. The molecule has 0 saturated carbocycles. The number of amides is 1. The molecule has 3 aromatic rings. The average molecular weight is 563 g/mol. The topological polar surface area (TPSA) is 130 Å². The first-order valence-corrected chi connectivity index (χ1v) is 13.0. The number of aromatic nitrogens is 1. The number of likely N-dealkylation sites (tertiary alicyclic amines) is 1. The lowest BCUT2D eigenvalue weighted by Crippen LogP contribution is -2.49. The molecule has 1 saturated heterocycles. The van der Waals surface area contributed by atoms with Crippen molar-refractivity contribution in [3.05, 3.63) is 65.1 Å². The molecule has 1 atom stereocenters. The zero-order valence-corrected chi connectivity index (χ0v) is 22.1. The third-order valence-corrected chi connectivity index (χ3v) is 7.68. The number of methoxy groups -OCH3 is 1. The first kappa shape index (κ1) is 29.5. The summed E-state index contributed by atoms with van der Waals surface area (Å²) in [6.07, 6.45) is 2.04. The summed E-state index contributed by atoms with van der Waals surface area (Å²) in [5, 5.41) is 21.5. The summed E-state index contributed by atoms with van der Waals surface area (Å²) in [7, 11) is 1.55. The van der Waals surface area contributed by atoms with Crippen LogP contribution in [0.3, 0.4) is 0 Å². The van der Waals surface area contributed by atoms with Crippen molar-refractivity contribution >= 4 is 16.8 Å². The average Bonchev–Trinajstić information content (AvgIpc) is 2.97. The predicted molar refractivity (Wildman–Crippen MR) is 140 cm³/mol. The van der Waals surface area contributed by atoms with E-state index in [2.05, 4.69) is 4.98 Å². The van der Waals surface area contributed by atoms with Crippen molar-refractivity contribution < 1.29 is 37.8 Å². The van der Waals surface area contributed by atoms with Crippen molar-refractivity contribution in [1.29, 1.82) is 0 Å². The zero-order valence-electron chi connectivity index (χ0n) is 22.1. The Hall–Kier alpha value is -3.45. The van der Waals surface area contributed by atoms with E-state index in [-0.39, 0.29) is 25.3 Å². The Bertz CT molecular complexity index is 1320. The monoisotopic (exact) mass is 562 g/mol. The predicted octanol–water partition coefficient (Wildman–Crippen LogP) is 3.60. The van der Waals surface area contributed by atoms with Crippen molar-refractivity contribution in [1.82, 2.24) is 15.4 Å². The highest BCUT2D eigenvalue weighted by atomic mass is 19.2. The van der Waals surface area contributed by atoms with Crippen LogP contribution in [0.4, 0.5) is 13.2 Å². The number of pyridine rings is 1. The SMILES string of the molecule is COc1ccc2ncc(CN)c(C(O)CCC3(C(=O)NO)CCN(CCOc4cc(F)c(F)c(F)c4)CC3)c2c1. The van der Waals surface area contributed by atoms with Gasteiger partial charge in [0.2, 0.25) is 5.91 Å². The highest BCUT2D eigenvalue weighted by Crippen LogP contribution is 2.40. The van der Waals surface area contributed by atoms with E-state index < -0.39 is 34.9 Å². The smallest absolute Gasteiger partial charge is 0.249 e. The summed E-state index contributed by atoms with van der Waals surface area (Å²) >= 11 is 0. The number of hydrogen-bond donors (Lipinski definition) is 4. The minimum absolute atomic E-state index is 0.100. The molecule has 1 unspecified atom stereocenters. The lowest BCUT2D eigenvalue weighted by atomic mass is 9.73. The molecule has 2 heterocycles. The van der Waals surface area contributed by atoms with Crippen LogP contribution in [0.2, 0.25) is 0 Å². The Balaban J connectivity index is 1.41. The number of benzene rings is 2. The van der Waals surface area contributed by atoms with E-state index in [0.29, 0.717) is 66.7 Å². The number of aliphatic hydroxyl groups excluding tert-OH is 1. The number of halogens is 3. The van der Waals surface area contributed by atoms with E-state index in [1.807, 2.05) is 4.90 Å². The van der Waals surface area contributed by atoms with Gasteiger partial charge in [0.05, 0.1) is 24.1 Å². The van der Waals surface area contributed by atoms with Crippen molar-refractivity contribution in [2.45, 2.75) is 38.3 Å². The number of aliphatic hydroxyl groups is 1. The summed E-state index contributed by atoms with van der Waals surface area (Å²) < 4.78 is 50.7. The Morgan fingerprint density at radius 1 is 1.18 bits per heavy atom. The third-order valence-electron chi connectivity index (χ3n) is 7.68. The molecule has 1 fully saturated rings. The van der Waals surface area contributed by atoms with Crippen LogP contribution in [0.15, 0.2) is 36.5 Å². The standard InChI is InChI=1S/C28H33F3N4O5/c1-39-18-2-3-23-20(12-18)25(17(15-32)16-33-23)24(36)4-5-28(27(37)34-38)6-8-35(9-7-28)10-11-40-19-13-21(29)26(31)22(30)14-19/h2-3,12-14,16,24,36,38H,4-11,15,32H2,1H3,(H,34,37). The van der Waals surface area contributed by atoms with Crippen molar-refractivity contribution in [3.63, 3.8) is 0 Å². The van der Waals surface area contributed by atoms with Crippen LogP contribution in [0, 0.1) is 22.9 Å². The fraction of sp³-hybridized carbons (Fsp3) is 0.429. The highest BCUT2D eigenvalue weighted by molar-refractivity contribution is 5.85. The maximum atomic E-state index is 13.4. The van der Waals surface area contributed by atoms with Crippen LogP contribution >= 0.6 is 0 Å². The maximum Gasteiger partial charge on any atom is 0.249 e. The van der Waals surface area contributed by atoms with Crippen LogP contribution in [0.1, 0.15) is 42.9 Å². The van der Waals surface area contributed by atoms with Gasteiger partial charge in [-0.2, -0.15) is 0 Å². The molecule has 0 aliphatic carbocycles. The number of nitrogens with zero attached hydrogens (tertiary/aromatic N) is 2. The number of ether oxygens (including phenoxy) is 2. The number of carbonyl (C=O) groups excluding carboxylic acids is 1. The molecule has 9 nitrogen and oxygen atoms in total. The molecular weight excluding hydrogens is 529 g/mol. The van der Waals surface area contributed by atoms with Gasteiger partial charge in [-0.15, -0.1) is 0 Å². The summed E-state index contributed by atoms with van der Waals surface area (Å²) in [5.41, 5.74) is 8.82. The molecule has 5 N–H and O–H groups in total. The number of rotatable bonds is 11. The Labute approximate surface area is 229 Å². The number of piperidine rings is 1. The molecule has 4 rings (SSSR count). The third kappa shape index (κ3) is 6.30. The van der Waals surface area contributed by atoms with Gasteiger partial charge in [0, 0.05) is 36.8 Å². The Kier molecular flexibility index (Phi) is 9.46. The van der Waals surface area contributed by atoms with Gasteiger partial charge < -0.3 is 20.3 Å². The minimum atomic E-state index is -1.55. The Morgan fingerprint density at radius 3 is 2.50 bits per heavy atom. The van der Waals surface area contributed by atoms with Gasteiger partial charge in [-0.1, -0.05) is 0 Å². The molecule has 1 aliphatic heterocycles. The van der Waals surface area contributed by atoms with E-state index in [4.69, 9.17) is 15.2 Å². The van der Waals surface area contributed by atoms with Crippen molar-refractivity contribution in [3.8, 4) is 11.5 Å². The molecular formula is C28H33F3N4O5. The summed E-state index contributed by atoms with van der Waals surface area (Å²) in [6.45, 7) is 1.65. The number of fused-ring (bicyclic) bond motifs is 1. The number of hydroxylamine groups is 1. The second-order valence-corrected chi connectivity index (χ2v) is 9.95. The summed E-state index contributed by atoms with van der Waals surface area (Å²) in [5.74, 6) is -4.23. The van der Waals surface area contributed by atoms with Gasteiger partial charge in [0.15, 0.2) is 17.5 Å². The van der Waals surface area contributed by atoms with E-state index >= 15 is 0 Å². The lowest BCUT2D eigenvalue weighted by Gasteiger charge is -2.40. The number of nitrogens with two attached hydrogens (primary N) is 1. The van der Waals surface area contributed by atoms with Crippen LogP contribution in [-0.4, -0.2) is 59.5 Å². The van der Waals surface area contributed by atoms with E-state index in [0.717, 1.165) is 12.1 Å². The van der Waals surface area contributed by atoms with Gasteiger partial charge in [0.25, 0.3) is 0 Å². The first-order chi connectivity index (χ1) is 19.2. The molecule has 0 bridgehead atoms. The van der Waals surface area contributed by atoms with Crippen molar-refractivity contribution in [2.24, 2.45) is 11.1 Å². The van der Waals surface area contributed by atoms with Crippen LogP contribution in [0.5, 0.6) is 11.5 Å². The molecule has 0 radical (unpaired) electrons. The van der Waals surface area contributed by atoms with Gasteiger partial charge in [-0.3, -0.25) is 19.9 Å². The number of nitrogens with one attached hydrogen (secondary N) is 1. The molecule has 0 spiro atoms. The second-order valence-electron chi connectivity index (χ2n) is 9.95. The zero-order chi connectivity index (χ0) is 28.9. The Morgan fingerprint density at radius 2 is 1.88 bits per heavy atom. The maximum absolute atomic E-state index is 13.4. The fourth-order valence-electron chi connectivity index (χ4n) is 5.30. The lowest BCUT2D eigenvalue weighted by molar-refractivity contribution is -0.143. The number of hydrogen-bond acceptors (Lipinski definition) is 8. The molecule has 2 aromatic carbocycles. The first-order valence-electron chi connectivity index (χ1n) is 13.0. The van der Waals surface area contributed by atoms with Crippen LogP contribution in [-0.2, 0) is 11.3 Å². The van der Waals surface area contributed by atoms with Crippen LogP contribution in [0.25, 0.3) is 10.9 Å². The summed E-state index contributed by atoms with van der Waals surface area (Å²) in [6, 6.07) is 6.95. The van der Waals surface area contributed by atoms with Crippen molar-refractivity contribution in [2.75, 3.05) is 33.4 Å². The van der Waals surface area contributed by atoms with E-state index in [1.165, 1.54) is 0 Å². The molecule has 12 heteroatoms. The molecule has 1 amide bonds. The van der Waals surface area contributed by atoms with E-state index in [1.54, 1.807) is 37.0 Å². The normalized spacial score (nSPS) is 16.1. The summed E-state index contributed by atoms with van der Waals surface area (Å²) in [4.78, 5) is 19.3. The molecule has 1 aromatic heterocycles. The van der Waals surface area contributed by atoms with Gasteiger partial charge in [-0.05, 0) is 68.1 Å². The van der Waals surface area contributed by atoms with Gasteiger partial charge >= 0.3 is 0 Å². The largest absolute Gasteiger partial charge is 0.497 e. The molecule has 216 valence electrons. The number of carbonyl (C=O) groups is 1. The second kappa shape index (κ2) is 12.8. The van der Waals surface area contributed by atoms with Gasteiger partial charge in [0.1, 0.15) is 18.1 Å². The quantitative estimate of drug-likeness (QED) is 0.159. The van der Waals surface area contributed by atoms with Gasteiger partial charge in [-0.25, -0.2) is 18.7 Å². The van der Waals surface area contributed by atoms with E-state index in [9.17, 15) is 28.3 Å². The van der Waals surface area contributed by atoms with Crippen LogP contribution < -0.4 is 20.7 Å². The molecule has 40 heavy (non-hydrogen) atoms.